The lowest BCUT2D eigenvalue weighted by Gasteiger charge is -2.27. The first-order valence-corrected chi connectivity index (χ1v) is 11.5. The Balaban J connectivity index is 0.00000216. The molecule has 188 valence electrons. The SMILES string of the molecule is Cl.Cl.O=C(NCc1ccc(N2CCSCC2)nc1)c1cc(NC(=O)c2cc(F)c(F)cc2Cl)n[nH]1. The van der Waals surface area contributed by atoms with Crippen LogP contribution in [0.1, 0.15) is 26.4 Å². The van der Waals surface area contributed by atoms with Crippen molar-refractivity contribution in [1.29, 1.82) is 0 Å². The number of rotatable bonds is 6. The molecule has 1 saturated heterocycles. The molecule has 0 bridgehead atoms. The van der Waals surface area contributed by atoms with Crippen molar-refractivity contribution in [3.05, 3.63) is 70.0 Å². The van der Waals surface area contributed by atoms with Gasteiger partial charge >= 0.3 is 0 Å². The van der Waals surface area contributed by atoms with Crippen LogP contribution in [-0.2, 0) is 6.54 Å². The molecule has 1 aliphatic heterocycles. The van der Waals surface area contributed by atoms with Crippen molar-refractivity contribution in [1.82, 2.24) is 20.5 Å². The van der Waals surface area contributed by atoms with E-state index in [4.69, 9.17) is 11.6 Å². The van der Waals surface area contributed by atoms with Gasteiger partial charge in [-0.2, -0.15) is 16.9 Å². The number of thioether (sulfide) groups is 1. The molecule has 3 N–H and O–H groups in total. The van der Waals surface area contributed by atoms with E-state index in [2.05, 4.69) is 30.7 Å². The number of anilines is 2. The summed E-state index contributed by atoms with van der Waals surface area (Å²) < 4.78 is 26.6. The van der Waals surface area contributed by atoms with Gasteiger partial charge in [-0.1, -0.05) is 17.7 Å². The Bertz CT molecular complexity index is 1180. The molecular weight excluding hydrogens is 545 g/mol. The lowest BCUT2D eigenvalue weighted by molar-refractivity contribution is 0.0945. The van der Waals surface area contributed by atoms with Gasteiger partial charge in [0.1, 0.15) is 11.5 Å². The second kappa shape index (κ2) is 12.9. The predicted molar refractivity (Wildman–Crippen MR) is 137 cm³/mol. The largest absolute Gasteiger partial charge is 0.355 e. The molecule has 3 aromatic rings. The summed E-state index contributed by atoms with van der Waals surface area (Å²) in [5.41, 5.74) is 0.681. The minimum atomic E-state index is -1.20. The van der Waals surface area contributed by atoms with Gasteiger partial charge in [-0.25, -0.2) is 13.8 Å². The standard InChI is InChI=1S/C21H19ClF2N6O2S.2ClH/c22-14-8-16(24)15(23)7-13(14)20(31)27-18-9-17(28-29-18)21(32)26-11-12-1-2-19(25-10-12)30-3-5-33-6-4-30;;/h1-2,7-10H,3-6,11H2,(H,26,32)(H2,27,28,29,31);2*1H. The van der Waals surface area contributed by atoms with E-state index in [-0.39, 0.29) is 53.5 Å². The highest BCUT2D eigenvalue weighted by atomic mass is 35.5. The number of amides is 2. The van der Waals surface area contributed by atoms with Crippen molar-refractivity contribution >= 4 is 71.6 Å². The smallest absolute Gasteiger partial charge is 0.269 e. The summed E-state index contributed by atoms with van der Waals surface area (Å²) in [6.45, 7) is 2.19. The number of nitrogens with one attached hydrogen (secondary N) is 3. The van der Waals surface area contributed by atoms with Crippen LogP contribution in [-0.4, -0.2) is 51.6 Å². The molecular formula is C21H21Cl3F2N6O2S. The van der Waals surface area contributed by atoms with E-state index >= 15 is 0 Å². The third-order valence-corrected chi connectivity index (χ3v) is 6.17. The average molecular weight is 566 g/mol. The topological polar surface area (TPSA) is 103 Å². The number of nitrogens with zero attached hydrogens (tertiary/aromatic N) is 3. The van der Waals surface area contributed by atoms with Crippen LogP contribution >= 0.6 is 48.2 Å². The lowest BCUT2D eigenvalue weighted by atomic mass is 10.2. The molecule has 0 spiro atoms. The Labute approximate surface area is 221 Å². The Morgan fingerprint density at radius 2 is 1.80 bits per heavy atom. The number of hydrogen-bond acceptors (Lipinski definition) is 6. The minimum Gasteiger partial charge on any atom is -0.355 e. The molecule has 0 atom stereocenters. The summed E-state index contributed by atoms with van der Waals surface area (Å²) in [4.78, 5) is 31.4. The number of hydrogen-bond donors (Lipinski definition) is 3. The van der Waals surface area contributed by atoms with Crippen LogP contribution in [0.4, 0.5) is 20.4 Å². The van der Waals surface area contributed by atoms with E-state index in [9.17, 15) is 18.4 Å². The predicted octanol–water partition coefficient (Wildman–Crippen LogP) is 4.32. The van der Waals surface area contributed by atoms with Crippen LogP contribution in [0.3, 0.4) is 0 Å². The van der Waals surface area contributed by atoms with Crippen molar-refractivity contribution in [3.8, 4) is 0 Å². The highest BCUT2D eigenvalue weighted by molar-refractivity contribution is 7.99. The number of carbonyl (C=O) groups excluding carboxylic acids is 2. The first-order chi connectivity index (χ1) is 15.9. The summed E-state index contributed by atoms with van der Waals surface area (Å²) >= 11 is 7.73. The quantitative estimate of drug-likeness (QED) is 0.385. The second-order valence-corrected chi connectivity index (χ2v) is 8.81. The average Bonchev–Trinajstić information content (AvgIpc) is 3.29. The summed E-state index contributed by atoms with van der Waals surface area (Å²) in [5.74, 6) is -0.492. The molecule has 0 radical (unpaired) electrons. The van der Waals surface area contributed by atoms with E-state index < -0.39 is 23.4 Å². The van der Waals surface area contributed by atoms with Gasteiger partial charge in [-0.3, -0.25) is 14.7 Å². The lowest BCUT2D eigenvalue weighted by Crippen LogP contribution is -2.33. The van der Waals surface area contributed by atoms with Gasteiger partial charge in [0.05, 0.1) is 10.6 Å². The van der Waals surface area contributed by atoms with Crippen LogP contribution < -0.4 is 15.5 Å². The summed E-state index contributed by atoms with van der Waals surface area (Å²) in [7, 11) is 0. The van der Waals surface area contributed by atoms with E-state index in [1.807, 2.05) is 23.9 Å². The summed E-state index contributed by atoms with van der Waals surface area (Å²) in [6.07, 6.45) is 1.72. The number of H-pyrrole nitrogens is 1. The van der Waals surface area contributed by atoms with E-state index in [1.54, 1.807) is 6.20 Å². The van der Waals surface area contributed by atoms with Crippen LogP contribution in [0.5, 0.6) is 0 Å². The van der Waals surface area contributed by atoms with Crippen molar-refractivity contribution < 1.29 is 18.4 Å². The third kappa shape index (κ3) is 7.20. The van der Waals surface area contributed by atoms with Gasteiger partial charge in [-0.05, 0) is 23.8 Å². The Kier molecular flexibility index (Phi) is 10.6. The molecule has 14 heteroatoms. The number of pyridine rings is 1. The molecule has 2 amide bonds. The van der Waals surface area contributed by atoms with Gasteiger partial charge < -0.3 is 15.5 Å². The molecule has 0 unspecified atom stereocenters. The number of carbonyl (C=O) groups is 2. The molecule has 1 aliphatic rings. The minimum absolute atomic E-state index is 0. The van der Waals surface area contributed by atoms with Crippen LogP contribution in [0, 0.1) is 11.6 Å². The molecule has 3 heterocycles. The molecule has 4 rings (SSSR count). The molecule has 0 saturated carbocycles. The van der Waals surface area contributed by atoms with Crippen molar-refractivity contribution in [2.45, 2.75) is 6.54 Å². The van der Waals surface area contributed by atoms with E-state index in [0.717, 1.165) is 36.0 Å². The highest BCUT2D eigenvalue weighted by Gasteiger charge is 2.18. The fourth-order valence-corrected chi connectivity index (χ4v) is 4.30. The Morgan fingerprint density at radius 1 is 1.09 bits per heavy atom. The molecule has 1 aromatic carbocycles. The molecule has 8 nitrogen and oxygen atoms in total. The summed E-state index contributed by atoms with van der Waals surface area (Å²) in [6, 6.07) is 6.56. The highest BCUT2D eigenvalue weighted by Crippen LogP contribution is 2.21. The van der Waals surface area contributed by atoms with Crippen LogP contribution in [0.25, 0.3) is 0 Å². The summed E-state index contributed by atoms with van der Waals surface area (Å²) in [5, 5.41) is 11.2. The molecule has 0 aliphatic carbocycles. The number of benzene rings is 1. The number of aromatic amines is 1. The van der Waals surface area contributed by atoms with Gasteiger partial charge in [0, 0.05) is 43.4 Å². The number of aromatic nitrogens is 3. The van der Waals surface area contributed by atoms with Gasteiger partial charge in [0.2, 0.25) is 0 Å². The van der Waals surface area contributed by atoms with Crippen molar-refractivity contribution in [2.24, 2.45) is 0 Å². The zero-order valence-corrected chi connectivity index (χ0v) is 21.2. The number of halogens is 5. The van der Waals surface area contributed by atoms with Crippen LogP contribution in [0.15, 0.2) is 36.5 Å². The first kappa shape index (κ1) is 28.6. The van der Waals surface area contributed by atoms with Crippen molar-refractivity contribution in [2.75, 3.05) is 34.8 Å². The fourth-order valence-electron chi connectivity index (χ4n) is 3.16. The van der Waals surface area contributed by atoms with E-state index in [1.165, 1.54) is 6.07 Å². The van der Waals surface area contributed by atoms with Gasteiger partial charge in [0.25, 0.3) is 11.8 Å². The molecule has 35 heavy (non-hydrogen) atoms. The van der Waals surface area contributed by atoms with Crippen LogP contribution in [0.2, 0.25) is 5.02 Å². The van der Waals surface area contributed by atoms with E-state index in [0.29, 0.717) is 12.1 Å². The molecule has 2 aromatic heterocycles. The normalized spacial score (nSPS) is 12.8. The second-order valence-electron chi connectivity index (χ2n) is 7.17. The zero-order chi connectivity index (χ0) is 23.4. The third-order valence-electron chi connectivity index (χ3n) is 4.92. The maximum absolute atomic E-state index is 13.4. The first-order valence-electron chi connectivity index (χ1n) is 9.98. The van der Waals surface area contributed by atoms with Crippen molar-refractivity contribution in [3.63, 3.8) is 0 Å². The maximum Gasteiger partial charge on any atom is 0.269 e. The maximum atomic E-state index is 13.4. The zero-order valence-electron chi connectivity index (χ0n) is 18.0. The van der Waals surface area contributed by atoms with Gasteiger partial charge in [-0.15, -0.1) is 24.8 Å². The Morgan fingerprint density at radius 3 is 2.49 bits per heavy atom. The molecule has 1 fully saturated rings. The fraction of sp³-hybridized carbons (Fsp3) is 0.238. The monoisotopic (exact) mass is 564 g/mol. The Hall–Kier alpha value is -2.60. The van der Waals surface area contributed by atoms with Gasteiger partial charge in [0.15, 0.2) is 17.5 Å².